The van der Waals surface area contributed by atoms with Gasteiger partial charge in [-0.25, -0.2) is 4.79 Å². The lowest BCUT2D eigenvalue weighted by Gasteiger charge is -2.19. The Morgan fingerprint density at radius 2 is 1.80 bits per heavy atom. The SMILES string of the molecule is CCOC(=O)[C@@H]1ON=C(c2c(Cl)cccc2Cl)[C@H]1c1ccc(C)cc1. The molecule has 0 aliphatic carbocycles. The molecule has 0 fully saturated rings. The van der Waals surface area contributed by atoms with E-state index in [2.05, 4.69) is 5.16 Å². The number of carbonyl (C=O) groups excluding carboxylic acids is 1. The molecule has 1 aliphatic heterocycles. The fourth-order valence-corrected chi connectivity index (χ4v) is 3.42. The number of benzene rings is 2. The first-order chi connectivity index (χ1) is 12.0. The van der Waals surface area contributed by atoms with Gasteiger partial charge >= 0.3 is 5.97 Å². The fourth-order valence-electron chi connectivity index (χ4n) is 2.83. The molecule has 3 rings (SSSR count). The van der Waals surface area contributed by atoms with E-state index in [9.17, 15) is 4.79 Å². The molecular weight excluding hydrogens is 361 g/mol. The van der Waals surface area contributed by atoms with E-state index in [1.807, 2.05) is 31.2 Å². The van der Waals surface area contributed by atoms with Crippen molar-refractivity contribution in [2.75, 3.05) is 6.61 Å². The molecule has 1 heterocycles. The lowest BCUT2D eigenvalue weighted by Crippen LogP contribution is -2.31. The van der Waals surface area contributed by atoms with Gasteiger partial charge in [0.2, 0.25) is 6.10 Å². The monoisotopic (exact) mass is 377 g/mol. The van der Waals surface area contributed by atoms with Crippen LogP contribution in [0, 0.1) is 6.92 Å². The summed E-state index contributed by atoms with van der Waals surface area (Å²) >= 11 is 12.7. The van der Waals surface area contributed by atoms with Crippen LogP contribution in [0.4, 0.5) is 0 Å². The molecule has 4 nitrogen and oxygen atoms in total. The molecule has 1 aliphatic rings. The first kappa shape index (κ1) is 17.8. The fraction of sp³-hybridized carbons (Fsp3) is 0.263. The van der Waals surface area contributed by atoms with Crippen LogP contribution in [0.3, 0.4) is 0 Å². The number of carbonyl (C=O) groups is 1. The summed E-state index contributed by atoms with van der Waals surface area (Å²) in [4.78, 5) is 17.8. The molecule has 0 aromatic heterocycles. The minimum Gasteiger partial charge on any atom is -0.463 e. The molecule has 0 saturated heterocycles. The number of oxime groups is 1. The summed E-state index contributed by atoms with van der Waals surface area (Å²) in [5, 5.41) is 5.05. The molecule has 2 aromatic carbocycles. The third kappa shape index (κ3) is 3.51. The summed E-state index contributed by atoms with van der Waals surface area (Å²) in [7, 11) is 0. The Kier molecular flexibility index (Phi) is 5.30. The zero-order valence-corrected chi connectivity index (χ0v) is 15.3. The molecule has 2 aromatic rings. The summed E-state index contributed by atoms with van der Waals surface area (Å²) in [6.45, 7) is 4.01. The van der Waals surface area contributed by atoms with Crippen molar-refractivity contribution in [2.24, 2.45) is 5.16 Å². The Hall–Kier alpha value is -2.04. The zero-order valence-electron chi connectivity index (χ0n) is 13.8. The van der Waals surface area contributed by atoms with Crippen molar-refractivity contribution in [3.63, 3.8) is 0 Å². The molecule has 25 heavy (non-hydrogen) atoms. The number of esters is 1. The quantitative estimate of drug-likeness (QED) is 0.722. The normalized spacial score (nSPS) is 19.3. The summed E-state index contributed by atoms with van der Waals surface area (Å²) in [6, 6.07) is 13.1. The highest BCUT2D eigenvalue weighted by atomic mass is 35.5. The first-order valence-electron chi connectivity index (χ1n) is 7.94. The molecule has 0 saturated carbocycles. The van der Waals surface area contributed by atoms with Crippen LogP contribution < -0.4 is 0 Å². The van der Waals surface area contributed by atoms with E-state index in [1.54, 1.807) is 25.1 Å². The van der Waals surface area contributed by atoms with Crippen LogP contribution in [0.15, 0.2) is 47.6 Å². The van der Waals surface area contributed by atoms with Crippen molar-refractivity contribution < 1.29 is 14.4 Å². The minimum absolute atomic E-state index is 0.265. The van der Waals surface area contributed by atoms with Gasteiger partial charge in [-0.05, 0) is 31.5 Å². The molecule has 0 spiro atoms. The van der Waals surface area contributed by atoms with Crippen molar-refractivity contribution in [3.05, 3.63) is 69.2 Å². The van der Waals surface area contributed by atoms with E-state index < -0.39 is 18.0 Å². The van der Waals surface area contributed by atoms with Gasteiger partial charge < -0.3 is 9.57 Å². The van der Waals surface area contributed by atoms with Crippen molar-refractivity contribution in [1.82, 2.24) is 0 Å². The summed E-state index contributed by atoms with van der Waals surface area (Å²) < 4.78 is 5.14. The molecule has 0 N–H and O–H groups in total. The van der Waals surface area contributed by atoms with Gasteiger partial charge in [0.05, 0.1) is 22.6 Å². The van der Waals surface area contributed by atoms with Crippen molar-refractivity contribution in [2.45, 2.75) is 25.9 Å². The Labute approximate surface area is 156 Å². The second-order valence-corrected chi connectivity index (χ2v) is 6.55. The largest absolute Gasteiger partial charge is 0.463 e. The number of aryl methyl sites for hydroxylation is 1. The Balaban J connectivity index is 2.08. The molecule has 6 heteroatoms. The maximum atomic E-state index is 12.4. The van der Waals surface area contributed by atoms with Crippen molar-refractivity contribution in [1.29, 1.82) is 0 Å². The maximum Gasteiger partial charge on any atom is 0.351 e. The van der Waals surface area contributed by atoms with Crippen LogP contribution in [-0.2, 0) is 14.4 Å². The highest BCUT2D eigenvalue weighted by Crippen LogP contribution is 2.37. The smallest absolute Gasteiger partial charge is 0.351 e. The van der Waals surface area contributed by atoms with E-state index in [4.69, 9.17) is 32.8 Å². The van der Waals surface area contributed by atoms with Gasteiger partial charge in [0.25, 0.3) is 0 Å². The molecule has 0 amide bonds. The van der Waals surface area contributed by atoms with E-state index in [-0.39, 0.29) is 6.61 Å². The van der Waals surface area contributed by atoms with Crippen molar-refractivity contribution in [3.8, 4) is 0 Å². The predicted octanol–water partition coefficient (Wildman–Crippen LogP) is 4.75. The maximum absolute atomic E-state index is 12.4. The Bertz CT molecular complexity index is 798. The van der Waals surface area contributed by atoms with Crippen LogP contribution in [0.5, 0.6) is 0 Å². The minimum atomic E-state index is -0.870. The number of nitrogens with zero attached hydrogens (tertiary/aromatic N) is 1. The van der Waals surface area contributed by atoms with Crippen LogP contribution in [0.2, 0.25) is 10.0 Å². The number of ether oxygens (including phenoxy) is 1. The van der Waals surface area contributed by atoms with Crippen molar-refractivity contribution >= 4 is 34.9 Å². The highest BCUT2D eigenvalue weighted by molar-refractivity contribution is 6.40. The second kappa shape index (κ2) is 7.46. The van der Waals surface area contributed by atoms with E-state index in [0.717, 1.165) is 11.1 Å². The summed E-state index contributed by atoms with van der Waals surface area (Å²) in [5.74, 6) is -0.910. The topological polar surface area (TPSA) is 47.9 Å². The Morgan fingerprint density at radius 1 is 1.16 bits per heavy atom. The Morgan fingerprint density at radius 3 is 2.40 bits per heavy atom. The van der Waals surface area contributed by atoms with Gasteiger partial charge in [-0.15, -0.1) is 0 Å². The lowest BCUT2D eigenvalue weighted by atomic mass is 9.85. The van der Waals surface area contributed by atoms with Crippen LogP contribution in [0.25, 0.3) is 0 Å². The van der Waals surface area contributed by atoms with Gasteiger partial charge in [-0.2, -0.15) is 0 Å². The zero-order chi connectivity index (χ0) is 18.0. The van der Waals surface area contributed by atoms with Crippen LogP contribution in [-0.4, -0.2) is 24.4 Å². The van der Waals surface area contributed by atoms with E-state index >= 15 is 0 Å². The van der Waals surface area contributed by atoms with Gasteiger partial charge in [0.1, 0.15) is 5.71 Å². The summed E-state index contributed by atoms with van der Waals surface area (Å²) in [6.07, 6.45) is -0.870. The van der Waals surface area contributed by atoms with Gasteiger partial charge in [0.15, 0.2) is 0 Å². The van der Waals surface area contributed by atoms with Crippen LogP contribution in [0.1, 0.15) is 29.5 Å². The highest BCUT2D eigenvalue weighted by Gasteiger charge is 2.43. The second-order valence-electron chi connectivity index (χ2n) is 5.74. The van der Waals surface area contributed by atoms with Gasteiger partial charge in [-0.3, -0.25) is 0 Å². The first-order valence-corrected chi connectivity index (χ1v) is 8.69. The molecule has 0 radical (unpaired) electrons. The summed E-state index contributed by atoms with van der Waals surface area (Å²) in [5.41, 5.74) is 3.10. The average molecular weight is 378 g/mol. The van der Waals surface area contributed by atoms with Crippen LogP contribution >= 0.6 is 23.2 Å². The number of hydrogen-bond acceptors (Lipinski definition) is 4. The molecule has 0 bridgehead atoms. The third-order valence-corrected chi connectivity index (χ3v) is 4.67. The number of rotatable bonds is 4. The number of hydrogen-bond donors (Lipinski definition) is 0. The van der Waals surface area contributed by atoms with E-state index in [1.165, 1.54) is 0 Å². The van der Waals surface area contributed by atoms with Gasteiger partial charge in [0, 0.05) is 5.56 Å². The standard InChI is InChI=1S/C19H17Cl2NO3/c1-3-24-19(23)18-15(12-9-7-11(2)8-10-12)17(22-25-18)16-13(20)5-4-6-14(16)21/h4-10,15,18H,3H2,1-2H3/t15-,18-/m1/s1. The number of halogens is 2. The lowest BCUT2D eigenvalue weighted by molar-refractivity contribution is -0.155. The molecule has 2 atom stereocenters. The van der Waals surface area contributed by atoms with Gasteiger partial charge in [-0.1, -0.05) is 64.3 Å². The third-order valence-electron chi connectivity index (χ3n) is 4.04. The molecule has 0 unspecified atom stereocenters. The predicted molar refractivity (Wildman–Crippen MR) is 98.4 cm³/mol. The van der Waals surface area contributed by atoms with E-state index in [0.29, 0.717) is 21.3 Å². The molecule has 130 valence electrons. The molecular formula is C19H17Cl2NO3. The average Bonchev–Trinajstić information content (AvgIpc) is 3.00.